The first-order valence-electron chi connectivity index (χ1n) is 9.59. The first-order valence-corrected chi connectivity index (χ1v) is 11.9. The standard InChI is InChI=1S/C20H17F3N4O3S2/c21-13-2-1-3-15(10-13)24-18(28)20-26-25-19(31-20)12-6-8-27(9-7-12)32(29,30)17-5-4-14(22)11-16(17)23/h1-5,10-12H,6-9H2,(H,24,28). The minimum Gasteiger partial charge on any atom is -0.320 e. The third kappa shape index (κ3) is 4.66. The molecule has 2 heterocycles. The maximum absolute atomic E-state index is 14.0. The molecule has 1 fully saturated rings. The van der Waals surface area contributed by atoms with Crippen LogP contribution in [0, 0.1) is 17.5 Å². The number of aromatic nitrogens is 2. The molecule has 0 spiro atoms. The normalized spacial score (nSPS) is 15.6. The quantitative estimate of drug-likeness (QED) is 0.598. The van der Waals surface area contributed by atoms with E-state index in [1.165, 1.54) is 18.2 Å². The lowest BCUT2D eigenvalue weighted by Gasteiger charge is -2.30. The molecule has 0 bridgehead atoms. The highest BCUT2D eigenvalue weighted by Crippen LogP contribution is 2.33. The lowest BCUT2D eigenvalue weighted by Crippen LogP contribution is -2.38. The number of benzene rings is 2. The van der Waals surface area contributed by atoms with Gasteiger partial charge in [0.1, 0.15) is 27.4 Å². The predicted octanol–water partition coefficient (Wildman–Crippen LogP) is 3.78. The van der Waals surface area contributed by atoms with Crippen molar-refractivity contribution < 1.29 is 26.4 Å². The van der Waals surface area contributed by atoms with Crippen LogP contribution < -0.4 is 5.32 Å². The van der Waals surface area contributed by atoms with Gasteiger partial charge in [-0.05, 0) is 43.2 Å². The van der Waals surface area contributed by atoms with Crippen molar-refractivity contribution in [3.8, 4) is 0 Å². The van der Waals surface area contributed by atoms with Gasteiger partial charge < -0.3 is 5.32 Å². The summed E-state index contributed by atoms with van der Waals surface area (Å²) in [4.78, 5) is 11.8. The van der Waals surface area contributed by atoms with Crippen LogP contribution in [0.2, 0.25) is 0 Å². The number of carbonyl (C=O) groups excluding carboxylic acids is 1. The number of piperidine rings is 1. The van der Waals surface area contributed by atoms with E-state index in [0.717, 1.165) is 27.8 Å². The van der Waals surface area contributed by atoms with Crippen LogP contribution in [0.15, 0.2) is 47.4 Å². The molecule has 12 heteroatoms. The molecule has 3 aromatic rings. The molecule has 2 aromatic carbocycles. The molecule has 1 amide bonds. The predicted molar refractivity (Wildman–Crippen MR) is 111 cm³/mol. The van der Waals surface area contributed by atoms with Crippen LogP contribution in [0.25, 0.3) is 0 Å². The molecular weight excluding hydrogens is 465 g/mol. The Labute approximate surface area is 186 Å². The summed E-state index contributed by atoms with van der Waals surface area (Å²) in [6.07, 6.45) is 0.810. The number of rotatable bonds is 5. The molecule has 0 radical (unpaired) electrons. The van der Waals surface area contributed by atoms with Crippen molar-refractivity contribution >= 4 is 33.0 Å². The van der Waals surface area contributed by atoms with Gasteiger partial charge >= 0.3 is 0 Å². The second kappa shape index (κ2) is 8.96. The van der Waals surface area contributed by atoms with Gasteiger partial charge in [-0.15, -0.1) is 10.2 Å². The van der Waals surface area contributed by atoms with Gasteiger partial charge in [-0.2, -0.15) is 4.31 Å². The van der Waals surface area contributed by atoms with Crippen molar-refractivity contribution in [2.75, 3.05) is 18.4 Å². The van der Waals surface area contributed by atoms with Gasteiger partial charge in [0.15, 0.2) is 0 Å². The first-order chi connectivity index (χ1) is 15.2. The highest BCUT2D eigenvalue weighted by atomic mass is 32.2. The summed E-state index contributed by atoms with van der Waals surface area (Å²) in [6.45, 7) is 0.239. The molecule has 32 heavy (non-hydrogen) atoms. The zero-order chi connectivity index (χ0) is 22.9. The molecule has 1 saturated heterocycles. The molecule has 1 aliphatic heterocycles. The number of amides is 1. The molecule has 168 valence electrons. The van der Waals surface area contributed by atoms with Crippen molar-refractivity contribution in [1.29, 1.82) is 0 Å². The van der Waals surface area contributed by atoms with Crippen molar-refractivity contribution in [2.24, 2.45) is 0 Å². The van der Waals surface area contributed by atoms with E-state index in [4.69, 9.17) is 0 Å². The molecular formula is C20H17F3N4O3S2. The Hall–Kier alpha value is -2.83. The van der Waals surface area contributed by atoms with E-state index < -0.39 is 38.3 Å². The molecule has 0 saturated carbocycles. The monoisotopic (exact) mass is 482 g/mol. The fraction of sp³-hybridized carbons (Fsp3) is 0.250. The summed E-state index contributed by atoms with van der Waals surface area (Å²) in [7, 11) is -4.10. The number of anilines is 1. The summed E-state index contributed by atoms with van der Waals surface area (Å²) in [5.74, 6) is -3.11. The van der Waals surface area contributed by atoms with Gasteiger partial charge in [0.2, 0.25) is 15.0 Å². The van der Waals surface area contributed by atoms with Crippen molar-refractivity contribution in [3.05, 3.63) is 69.9 Å². The van der Waals surface area contributed by atoms with E-state index >= 15 is 0 Å². The molecule has 4 rings (SSSR count). The van der Waals surface area contributed by atoms with Gasteiger partial charge in [-0.1, -0.05) is 17.4 Å². The van der Waals surface area contributed by atoms with Gasteiger partial charge in [0.25, 0.3) is 5.91 Å². The zero-order valence-corrected chi connectivity index (χ0v) is 18.1. The van der Waals surface area contributed by atoms with Gasteiger partial charge in [-0.25, -0.2) is 21.6 Å². The second-order valence-corrected chi connectivity index (χ2v) is 10.1. The second-order valence-electron chi connectivity index (χ2n) is 7.16. The van der Waals surface area contributed by atoms with Crippen LogP contribution in [0.5, 0.6) is 0 Å². The number of sulfonamides is 1. The van der Waals surface area contributed by atoms with Crippen LogP contribution >= 0.6 is 11.3 Å². The largest absolute Gasteiger partial charge is 0.320 e. The van der Waals surface area contributed by atoms with E-state index in [1.807, 2.05) is 0 Å². The highest BCUT2D eigenvalue weighted by molar-refractivity contribution is 7.89. The molecule has 0 unspecified atom stereocenters. The Bertz CT molecular complexity index is 1260. The smallest absolute Gasteiger partial charge is 0.286 e. The SMILES string of the molecule is O=C(Nc1cccc(F)c1)c1nnc(C2CCN(S(=O)(=O)c3ccc(F)cc3F)CC2)s1. The number of hydrogen-bond acceptors (Lipinski definition) is 6. The lowest BCUT2D eigenvalue weighted by molar-refractivity contribution is 0.102. The maximum Gasteiger partial charge on any atom is 0.286 e. The minimum absolute atomic E-state index is 0.104. The first kappa shape index (κ1) is 22.4. The fourth-order valence-electron chi connectivity index (χ4n) is 3.41. The molecule has 7 nitrogen and oxygen atoms in total. The molecule has 0 atom stereocenters. The Balaban J connectivity index is 1.40. The minimum atomic E-state index is -4.10. The Morgan fingerprint density at radius 2 is 1.75 bits per heavy atom. The van der Waals surface area contributed by atoms with Crippen molar-refractivity contribution in [1.82, 2.24) is 14.5 Å². The molecule has 1 N–H and O–H groups in total. The average Bonchev–Trinajstić information content (AvgIpc) is 3.24. The summed E-state index contributed by atoms with van der Waals surface area (Å²) >= 11 is 1.08. The molecule has 0 aliphatic carbocycles. The van der Waals surface area contributed by atoms with Gasteiger partial charge in [-0.3, -0.25) is 4.79 Å². The van der Waals surface area contributed by atoms with E-state index in [9.17, 15) is 26.4 Å². The lowest BCUT2D eigenvalue weighted by atomic mass is 9.99. The van der Waals surface area contributed by atoms with Crippen molar-refractivity contribution in [3.63, 3.8) is 0 Å². The third-order valence-electron chi connectivity index (χ3n) is 5.03. The molecule has 1 aliphatic rings. The number of nitrogens with zero attached hydrogens (tertiary/aromatic N) is 3. The fourth-order valence-corrected chi connectivity index (χ4v) is 5.83. The van der Waals surface area contributed by atoms with Crippen molar-refractivity contribution in [2.45, 2.75) is 23.7 Å². The van der Waals surface area contributed by atoms with E-state index in [0.29, 0.717) is 29.6 Å². The number of hydrogen-bond donors (Lipinski definition) is 1. The van der Waals surface area contributed by atoms with Crippen LogP contribution in [-0.2, 0) is 10.0 Å². The van der Waals surface area contributed by atoms with Gasteiger partial charge in [0, 0.05) is 30.8 Å². The average molecular weight is 483 g/mol. The Morgan fingerprint density at radius 3 is 2.44 bits per heavy atom. The maximum atomic E-state index is 14.0. The van der Waals surface area contributed by atoms with Crippen LogP contribution in [0.4, 0.5) is 18.9 Å². The Kier molecular flexibility index (Phi) is 6.26. The van der Waals surface area contributed by atoms with E-state index in [-0.39, 0.29) is 24.0 Å². The number of nitrogens with one attached hydrogen (secondary N) is 1. The van der Waals surface area contributed by atoms with E-state index in [1.54, 1.807) is 6.07 Å². The number of halogens is 3. The highest BCUT2D eigenvalue weighted by Gasteiger charge is 2.33. The van der Waals surface area contributed by atoms with Gasteiger partial charge in [0.05, 0.1) is 0 Å². The van der Waals surface area contributed by atoms with Crippen LogP contribution in [-0.4, -0.2) is 41.9 Å². The zero-order valence-electron chi connectivity index (χ0n) is 16.5. The van der Waals surface area contributed by atoms with Crippen LogP contribution in [0.3, 0.4) is 0 Å². The number of carbonyl (C=O) groups is 1. The summed E-state index contributed by atoms with van der Waals surface area (Å²) in [6, 6.07) is 7.81. The van der Waals surface area contributed by atoms with E-state index in [2.05, 4.69) is 15.5 Å². The Morgan fingerprint density at radius 1 is 1.03 bits per heavy atom. The topological polar surface area (TPSA) is 92.3 Å². The summed E-state index contributed by atoms with van der Waals surface area (Å²) in [5, 5.41) is 11.2. The third-order valence-corrected chi connectivity index (χ3v) is 8.05. The summed E-state index contributed by atoms with van der Waals surface area (Å²) < 4.78 is 66.9. The van der Waals surface area contributed by atoms with Crippen LogP contribution in [0.1, 0.15) is 33.6 Å². The molecule has 1 aromatic heterocycles. The summed E-state index contributed by atoms with van der Waals surface area (Å²) in [5.41, 5.74) is 0.290.